The number of alkyl halides is 3. The number of ether oxygens (including phenoxy) is 1. The van der Waals surface area contributed by atoms with E-state index in [-0.39, 0.29) is 28.9 Å². The number of nitrogens with zero attached hydrogens (tertiary/aromatic N) is 2. The molecule has 32 heavy (non-hydrogen) atoms. The summed E-state index contributed by atoms with van der Waals surface area (Å²) in [5.41, 5.74) is -2.45. The van der Waals surface area contributed by atoms with Crippen molar-refractivity contribution >= 4 is 34.8 Å². The van der Waals surface area contributed by atoms with E-state index >= 15 is 0 Å². The van der Waals surface area contributed by atoms with Gasteiger partial charge in [-0.25, -0.2) is 4.79 Å². The summed E-state index contributed by atoms with van der Waals surface area (Å²) in [6.45, 7) is 1.68. The Morgan fingerprint density at radius 3 is 2.66 bits per heavy atom. The predicted molar refractivity (Wildman–Crippen MR) is 117 cm³/mol. The topological polar surface area (TPSA) is 81.4 Å². The van der Waals surface area contributed by atoms with Gasteiger partial charge in [-0.2, -0.15) is 18.3 Å². The molecule has 0 radical (unpaired) electrons. The average Bonchev–Trinajstić information content (AvgIpc) is 3.31. The van der Waals surface area contributed by atoms with Crippen LogP contribution in [-0.2, 0) is 19.9 Å². The third-order valence-electron chi connectivity index (χ3n) is 5.34. The van der Waals surface area contributed by atoms with E-state index < -0.39 is 23.8 Å². The van der Waals surface area contributed by atoms with E-state index in [1.165, 1.54) is 36.7 Å². The van der Waals surface area contributed by atoms with Crippen molar-refractivity contribution in [1.82, 2.24) is 9.78 Å². The summed E-state index contributed by atoms with van der Waals surface area (Å²) >= 11 is 1.88. The number of esters is 1. The molecule has 2 atom stereocenters. The molecule has 0 amide bonds. The van der Waals surface area contributed by atoms with Gasteiger partial charge in [0.05, 0.1) is 12.8 Å². The molecule has 3 aromatic rings. The number of aldehydes is 1. The van der Waals surface area contributed by atoms with E-state index in [0.717, 1.165) is 4.68 Å². The van der Waals surface area contributed by atoms with Gasteiger partial charge in [-0.15, -0.1) is 0 Å². The average molecular weight is 556 g/mol. The zero-order valence-corrected chi connectivity index (χ0v) is 18.7. The summed E-state index contributed by atoms with van der Waals surface area (Å²) in [6.07, 6.45) is -1.82. The van der Waals surface area contributed by atoms with Crippen LogP contribution in [0, 0.1) is 3.57 Å². The van der Waals surface area contributed by atoms with E-state index in [9.17, 15) is 27.9 Å². The number of carbonyl (C=O) groups is 2. The van der Waals surface area contributed by atoms with Gasteiger partial charge in [-0.3, -0.25) is 4.68 Å². The first-order valence-electron chi connectivity index (χ1n) is 9.53. The van der Waals surface area contributed by atoms with E-state index in [2.05, 4.69) is 5.10 Å². The molecule has 10 heteroatoms. The second kappa shape index (κ2) is 8.00. The predicted octanol–water partition coefficient (Wildman–Crippen LogP) is 4.24. The van der Waals surface area contributed by atoms with Gasteiger partial charge in [0.15, 0.2) is 6.29 Å². The number of hydrogen-bond donors (Lipinski definition) is 1. The molecular weight excluding hydrogens is 540 g/mol. The molecule has 1 N–H and O–H groups in total. The van der Waals surface area contributed by atoms with Gasteiger partial charge in [0.1, 0.15) is 0 Å². The van der Waals surface area contributed by atoms with Gasteiger partial charge in [-0.1, -0.05) is 24.3 Å². The lowest BCUT2D eigenvalue weighted by molar-refractivity contribution is -0.246. The van der Waals surface area contributed by atoms with Gasteiger partial charge in [0, 0.05) is 26.5 Å². The molecule has 1 aliphatic carbocycles. The number of hydrogen-bond acceptors (Lipinski definition) is 5. The Morgan fingerprint density at radius 2 is 2.00 bits per heavy atom. The van der Waals surface area contributed by atoms with Gasteiger partial charge in [0.25, 0.3) is 0 Å². The summed E-state index contributed by atoms with van der Waals surface area (Å²) in [5.74, 6) is -0.790. The van der Waals surface area contributed by atoms with Crippen LogP contribution in [0.1, 0.15) is 24.1 Å². The Morgan fingerprint density at radius 1 is 1.28 bits per heavy atom. The Hall–Kier alpha value is -2.73. The summed E-state index contributed by atoms with van der Waals surface area (Å²) in [7, 11) is 0. The SMILES string of the molecule is CCOC(=O)C(C=O)n1cc(-c2cc(I)cc3c2-c2ccccc2C3(O)C(F)(F)F)cn1. The fraction of sp³-hybridized carbons (Fsp3) is 0.227. The molecule has 1 aromatic heterocycles. The third kappa shape index (κ3) is 3.32. The molecule has 0 bridgehead atoms. The lowest BCUT2D eigenvalue weighted by atomic mass is 9.89. The lowest BCUT2D eigenvalue weighted by Gasteiger charge is -2.28. The Balaban J connectivity index is 1.93. The van der Waals surface area contributed by atoms with Gasteiger partial charge in [0.2, 0.25) is 11.6 Å². The first-order valence-corrected chi connectivity index (χ1v) is 10.6. The zero-order valence-electron chi connectivity index (χ0n) is 16.6. The molecule has 1 heterocycles. The molecule has 0 fully saturated rings. The first-order chi connectivity index (χ1) is 15.1. The van der Waals surface area contributed by atoms with Gasteiger partial charge < -0.3 is 14.6 Å². The molecule has 166 valence electrons. The highest BCUT2D eigenvalue weighted by Gasteiger charge is 2.61. The second-order valence-corrected chi connectivity index (χ2v) is 8.42. The minimum absolute atomic E-state index is 0.0779. The summed E-state index contributed by atoms with van der Waals surface area (Å²) in [6, 6.07) is 7.47. The van der Waals surface area contributed by atoms with E-state index in [1.54, 1.807) is 19.1 Å². The van der Waals surface area contributed by atoms with Crippen LogP contribution in [-0.4, -0.2) is 39.9 Å². The van der Waals surface area contributed by atoms with Crippen molar-refractivity contribution in [3.63, 3.8) is 0 Å². The highest BCUT2D eigenvalue weighted by molar-refractivity contribution is 14.1. The van der Waals surface area contributed by atoms with Crippen LogP contribution in [0.2, 0.25) is 0 Å². The minimum atomic E-state index is -4.95. The quantitative estimate of drug-likeness (QED) is 0.220. The number of halogens is 4. The zero-order chi connectivity index (χ0) is 23.3. The fourth-order valence-electron chi connectivity index (χ4n) is 3.96. The minimum Gasteiger partial charge on any atom is -0.464 e. The Labute approximate surface area is 194 Å². The summed E-state index contributed by atoms with van der Waals surface area (Å²) < 4.78 is 48.8. The van der Waals surface area contributed by atoms with Crippen molar-refractivity contribution in [2.24, 2.45) is 0 Å². The van der Waals surface area contributed by atoms with Crippen LogP contribution >= 0.6 is 22.6 Å². The molecule has 2 unspecified atom stereocenters. The highest BCUT2D eigenvalue weighted by Crippen LogP contribution is 2.57. The number of fused-ring (bicyclic) bond motifs is 3. The number of aliphatic hydroxyl groups is 1. The van der Waals surface area contributed by atoms with Crippen molar-refractivity contribution in [2.75, 3.05) is 6.61 Å². The van der Waals surface area contributed by atoms with Gasteiger partial charge in [-0.05, 0) is 58.3 Å². The second-order valence-electron chi connectivity index (χ2n) is 7.17. The van der Waals surface area contributed by atoms with E-state index in [1.807, 2.05) is 22.6 Å². The van der Waals surface area contributed by atoms with E-state index in [0.29, 0.717) is 21.0 Å². The lowest BCUT2D eigenvalue weighted by Crippen LogP contribution is -2.41. The highest BCUT2D eigenvalue weighted by atomic mass is 127. The fourth-order valence-corrected chi connectivity index (χ4v) is 4.58. The van der Waals surface area contributed by atoms with Crippen LogP contribution in [0.15, 0.2) is 48.8 Å². The van der Waals surface area contributed by atoms with Gasteiger partial charge >= 0.3 is 12.1 Å². The summed E-state index contributed by atoms with van der Waals surface area (Å²) in [4.78, 5) is 23.5. The molecule has 0 spiro atoms. The monoisotopic (exact) mass is 556 g/mol. The molecule has 0 saturated heterocycles. The van der Waals surface area contributed by atoms with Crippen LogP contribution in [0.4, 0.5) is 13.2 Å². The van der Waals surface area contributed by atoms with Crippen LogP contribution in [0.3, 0.4) is 0 Å². The van der Waals surface area contributed by atoms with Crippen LogP contribution in [0.5, 0.6) is 0 Å². The van der Waals surface area contributed by atoms with Crippen LogP contribution in [0.25, 0.3) is 22.3 Å². The van der Waals surface area contributed by atoms with Crippen molar-refractivity contribution in [2.45, 2.75) is 24.7 Å². The molecule has 2 aromatic carbocycles. The molecule has 0 saturated carbocycles. The molecular formula is C22H16F3IN2O4. The standard InChI is InChI=1S/C22H16F3IN2O4/c1-2-32-20(30)18(11-29)28-10-12(9-27-28)15-7-13(26)8-17-19(15)14-5-3-4-6-16(14)21(17,31)22(23,24)25/h3-11,18,31H,2H2,1H3. The molecule has 6 nitrogen and oxygen atoms in total. The maximum Gasteiger partial charge on any atom is 0.425 e. The molecule has 0 aliphatic heterocycles. The largest absolute Gasteiger partial charge is 0.464 e. The number of carbonyl (C=O) groups excluding carboxylic acids is 2. The number of aromatic nitrogens is 2. The third-order valence-corrected chi connectivity index (χ3v) is 5.97. The van der Waals surface area contributed by atoms with Crippen molar-refractivity contribution < 1.29 is 32.6 Å². The van der Waals surface area contributed by atoms with Crippen LogP contribution < -0.4 is 0 Å². The molecule has 4 rings (SSSR count). The van der Waals surface area contributed by atoms with Crippen molar-refractivity contribution in [3.05, 3.63) is 63.5 Å². The number of benzene rings is 2. The first kappa shape index (κ1) is 22.5. The number of rotatable bonds is 5. The maximum atomic E-state index is 14.1. The van der Waals surface area contributed by atoms with Crippen molar-refractivity contribution in [1.29, 1.82) is 0 Å². The smallest absolute Gasteiger partial charge is 0.425 e. The Bertz CT molecular complexity index is 1220. The van der Waals surface area contributed by atoms with Crippen molar-refractivity contribution in [3.8, 4) is 22.3 Å². The van der Waals surface area contributed by atoms with E-state index in [4.69, 9.17) is 4.74 Å². The molecule has 1 aliphatic rings. The maximum absolute atomic E-state index is 14.1. The summed E-state index contributed by atoms with van der Waals surface area (Å²) in [5, 5.41) is 15.0. The normalized spacial score (nSPS) is 18.1. The Kier molecular flexibility index (Phi) is 5.61.